The number of aliphatic imine (C=N–C) groups is 1. The summed E-state index contributed by atoms with van der Waals surface area (Å²) in [5.41, 5.74) is 2.47. The average molecular weight is 361 g/mol. The summed E-state index contributed by atoms with van der Waals surface area (Å²) < 4.78 is 17.1. The van der Waals surface area contributed by atoms with E-state index in [1.165, 1.54) is 5.56 Å². The Hall–Kier alpha value is -1.95. The minimum Gasteiger partial charge on any atom is -0.494 e. The van der Waals surface area contributed by atoms with Crippen molar-refractivity contribution in [3.63, 3.8) is 0 Å². The first-order valence-corrected chi connectivity index (χ1v) is 9.58. The van der Waals surface area contributed by atoms with Crippen molar-refractivity contribution in [3.05, 3.63) is 23.3 Å². The van der Waals surface area contributed by atoms with E-state index in [4.69, 9.17) is 19.2 Å². The van der Waals surface area contributed by atoms with Crippen LogP contribution >= 0.6 is 0 Å². The Bertz CT molecular complexity index is 656. The van der Waals surface area contributed by atoms with Crippen molar-refractivity contribution in [1.82, 2.24) is 10.6 Å². The van der Waals surface area contributed by atoms with Crippen LogP contribution in [0.15, 0.2) is 17.1 Å². The van der Waals surface area contributed by atoms with Gasteiger partial charge in [0.2, 0.25) is 0 Å². The molecule has 6 nitrogen and oxygen atoms in total. The topological polar surface area (TPSA) is 64.1 Å². The van der Waals surface area contributed by atoms with Crippen molar-refractivity contribution < 1.29 is 14.2 Å². The molecule has 1 unspecified atom stereocenters. The SMILES string of the molecule is CCNC(=NCc1cc2c(cc1OCC)CC(C)O2)NCC1(C)COC1. The first-order valence-electron chi connectivity index (χ1n) is 9.58. The van der Waals surface area contributed by atoms with Gasteiger partial charge >= 0.3 is 0 Å². The molecule has 2 aliphatic heterocycles. The van der Waals surface area contributed by atoms with E-state index in [0.29, 0.717) is 13.2 Å². The number of benzene rings is 1. The second kappa shape index (κ2) is 8.16. The molecular formula is C20H31N3O3. The summed E-state index contributed by atoms with van der Waals surface area (Å²) in [5.74, 6) is 2.68. The van der Waals surface area contributed by atoms with Crippen molar-refractivity contribution in [1.29, 1.82) is 0 Å². The van der Waals surface area contributed by atoms with Crippen LogP contribution in [0.25, 0.3) is 0 Å². The summed E-state index contributed by atoms with van der Waals surface area (Å²) in [4.78, 5) is 4.75. The zero-order valence-corrected chi connectivity index (χ0v) is 16.4. The fourth-order valence-corrected chi connectivity index (χ4v) is 3.25. The van der Waals surface area contributed by atoms with E-state index < -0.39 is 0 Å². The molecule has 0 amide bonds. The first-order chi connectivity index (χ1) is 12.5. The molecule has 1 fully saturated rings. The molecular weight excluding hydrogens is 330 g/mol. The van der Waals surface area contributed by atoms with Gasteiger partial charge in [0, 0.05) is 36.1 Å². The van der Waals surface area contributed by atoms with Gasteiger partial charge in [-0.05, 0) is 32.9 Å². The van der Waals surface area contributed by atoms with Crippen molar-refractivity contribution in [2.45, 2.75) is 46.8 Å². The zero-order valence-electron chi connectivity index (χ0n) is 16.4. The monoisotopic (exact) mass is 361 g/mol. The maximum Gasteiger partial charge on any atom is 0.191 e. The second-order valence-electron chi connectivity index (χ2n) is 7.49. The van der Waals surface area contributed by atoms with E-state index >= 15 is 0 Å². The van der Waals surface area contributed by atoms with Gasteiger partial charge in [0.25, 0.3) is 0 Å². The van der Waals surface area contributed by atoms with Crippen LogP contribution in [0, 0.1) is 5.41 Å². The lowest BCUT2D eigenvalue weighted by molar-refractivity contribution is -0.0971. The number of hydrogen-bond acceptors (Lipinski definition) is 4. The van der Waals surface area contributed by atoms with Crippen molar-refractivity contribution in [2.75, 3.05) is 32.9 Å². The van der Waals surface area contributed by atoms with E-state index in [1.807, 2.05) is 6.92 Å². The zero-order chi connectivity index (χ0) is 18.6. The van der Waals surface area contributed by atoms with Gasteiger partial charge in [-0.3, -0.25) is 0 Å². The fraction of sp³-hybridized carbons (Fsp3) is 0.650. The largest absolute Gasteiger partial charge is 0.494 e. The summed E-state index contributed by atoms with van der Waals surface area (Å²) >= 11 is 0. The normalized spacial score (nSPS) is 20.8. The Morgan fingerprint density at radius 2 is 2.12 bits per heavy atom. The quantitative estimate of drug-likeness (QED) is 0.577. The van der Waals surface area contributed by atoms with E-state index in [2.05, 4.69) is 43.5 Å². The Balaban J connectivity index is 1.72. The molecule has 1 aromatic carbocycles. The molecule has 144 valence electrons. The number of ether oxygens (including phenoxy) is 3. The minimum absolute atomic E-state index is 0.199. The van der Waals surface area contributed by atoms with E-state index in [-0.39, 0.29) is 11.5 Å². The van der Waals surface area contributed by atoms with Crippen LogP contribution in [0.1, 0.15) is 38.8 Å². The van der Waals surface area contributed by atoms with Gasteiger partial charge in [-0.15, -0.1) is 0 Å². The molecule has 3 rings (SSSR count). The third-order valence-electron chi connectivity index (χ3n) is 4.71. The highest BCUT2D eigenvalue weighted by molar-refractivity contribution is 5.79. The lowest BCUT2D eigenvalue weighted by atomic mass is 9.89. The Kier molecular flexibility index (Phi) is 5.91. The van der Waals surface area contributed by atoms with Gasteiger partial charge < -0.3 is 24.8 Å². The summed E-state index contributed by atoms with van der Waals surface area (Å²) in [6, 6.07) is 4.19. The van der Waals surface area contributed by atoms with Gasteiger partial charge in [-0.1, -0.05) is 6.92 Å². The third-order valence-corrected chi connectivity index (χ3v) is 4.71. The Morgan fingerprint density at radius 3 is 2.77 bits per heavy atom. The van der Waals surface area contributed by atoms with E-state index in [0.717, 1.165) is 55.7 Å². The van der Waals surface area contributed by atoms with Gasteiger partial charge in [-0.25, -0.2) is 4.99 Å². The molecule has 0 saturated carbocycles. The standard InChI is InChI=1S/C20H31N3O3/c1-5-21-19(23-11-20(4)12-24-13-20)22-10-16-9-18-15(7-14(3)26-18)8-17(16)25-6-2/h8-9,14H,5-7,10-13H2,1-4H3,(H2,21,22,23). The average Bonchev–Trinajstić information content (AvgIpc) is 2.94. The predicted octanol–water partition coefficient (Wildman–Crippen LogP) is 2.50. The van der Waals surface area contributed by atoms with Gasteiger partial charge in [0.15, 0.2) is 5.96 Å². The smallest absolute Gasteiger partial charge is 0.191 e. The van der Waals surface area contributed by atoms with Crippen LogP contribution in [-0.4, -0.2) is 45.0 Å². The van der Waals surface area contributed by atoms with Crippen molar-refractivity contribution in [2.24, 2.45) is 10.4 Å². The third kappa shape index (κ3) is 4.41. The molecule has 1 aromatic rings. The lowest BCUT2D eigenvalue weighted by Gasteiger charge is -2.38. The summed E-state index contributed by atoms with van der Waals surface area (Å²) in [5, 5.41) is 6.74. The molecule has 26 heavy (non-hydrogen) atoms. The number of rotatable bonds is 7. The molecule has 0 spiro atoms. The van der Waals surface area contributed by atoms with Crippen LogP contribution in [0.4, 0.5) is 0 Å². The van der Waals surface area contributed by atoms with Gasteiger partial charge in [0.1, 0.15) is 17.6 Å². The second-order valence-corrected chi connectivity index (χ2v) is 7.49. The molecule has 2 aliphatic rings. The molecule has 0 aromatic heterocycles. The highest BCUT2D eigenvalue weighted by Crippen LogP contribution is 2.35. The lowest BCUT2D eigenvalue weighted by Crippen LogP contribution is -2.51. The van der Waals surface area contributed by atoms with Crippen LogP contribution in [-0.2, 0) is 17.7 Å². The molecule has 2 heterocycles. The van der Waals surface area contributed by atoms with Gasteiger partial charge in [0.05, 0.1) is 26.4 Å². The molecule has 0 radical (unpaired) electrons. The number of hydrogen-bond donors (Lipinski definition) is 2. The first kappa shape index (κ1) is 18.8. The van der Waals surface area contributed by atoms with E-state index in [9.17, 15) is 0 Å². The number of nitrogens with one attached hydrogen (secondary N) is 2. The molecule has 6 heteroatoms. The van der Waals surface area contributed by atoms with Crippen LogP contribution in [0.5, 0.6) is 11.5 Å². The number of guanidine groups is 1. The Labute approximate surface area is 156 Å². The summed E-state index contributed by atoms with van der Waals surface area (Å²) in [6.07, 6.45) is 1.16. The maximum absolute atomic E-state index is 5.90. The predicted molar refractivity (Wildman–Crippen MR) is 103 cm³/mol. The number of fused-ring (bicyclic) bond motifs is 1. The molecule has 1 saturated heterocycles. The fourth-order valence-electron chi connectivity index (χ4n) is 3.25. The molecule has 0 bridgehead atoms. The Morgan fingerprint density at radius 1 is 1.31 bits per heavy atom. The summed E-state index contributed by atoms with van der Waals surface area (Å²) in [6.45, 7) is 12.8. The summed E-state index contributed by atoms with van der Waals surface area (Å²) in [7, 11) is 0. The van der Waals surface area contributed by atoms with Crippen LogP contribution < -0.4 is 20.1 Å². The van der Waals surface area contributed by atoms with Crippen molar-refractivity contribution >= 4 is 5.96 Å². The van der Waals surface area contributed by atoms with Crippen molar-refractivity contribution in [3.8, 4) is 11.5 Å². The van der Waals surface area contributed by atoms with Crippen LogP contribution in [0.3, 0.4) is 0 Å². The molecule has 0 aliphatic carbocycles. The highest BCUT2D eigenvalue weighted by Gasteiger charge is 2.33. The molecule has 1 atom stereocenters. The number of nitrogens with zero attached hydrogens (tertiary/aromatic N) is 1. The minimum atomic E-state index is 0.199. The molecule has 2 N–H and O–H groups in total. The maximum atomic E-state index is 5.90. The van der Waals surface area contributed by atoms with Crippen LogP contribution in [0.2, 0.25) is 0 Å². The van der Waals surface area contributed by atoms with Gasteiger partial charge in [-0.2, -0.15) is 0 Å². The highest BCUT2D eigenvalue weighted by atomic mass is 16.5. The van der Waals surface area contributed by atoms with E-state index in [1.54, 1.807) is 0 Å².